The van der Waals surface area contributed by atoms with Crippen LogP contribution < -0.4 is 0 Å². The number of allylic oxidation sites excluding steroid dienone is 1. The Hall–Kier alpha value is -1.50. The van der Waals surface area contributed by atoms with E-state index in [4.69, 9.17) is 0 Å². The molecule has 0 aromatic carbocycles. The summed E-state index contributed by atoms with van der Waals surface area (Å²) in [5, 5.41) is 0. The summed E-state index contributed by atoms with van der Waals surface area (Å²) in [5.41, 5.74) is 0. The van der Waals surface area contributed by atoms with Gasteiger partial charge in [-0.25, -0.2) is 19.6 Å². The molecule has 0 aliphatic rings. The lowest BCUT2D eigenvalue weighted by Crippen LogP contribution is -1.80. The maximum absolute atomic E-state index is 9.69. The molecule has 4 nitrogen and oxygen atoms in total. The number of hydrogen-bond donors (Lipinski definition) is 0. The van der Waals surface area contributed by atoms with E-state index >= 15 is 0 Å². The van der Waals surface area contributed by atoms with Crippen LogP contribution in [-0.2, 0) is 9.59 Å². The first kappa shape index (κ1) is 12.5. The molecule has 0 saturated carbocycles. The lowest BCUT2D eigenvalue weighted by molar-refractivity contribution is 0.561. The van der Waals surface area contributed by atoms with Crippen LogP contribution in [0.3, 0.4) is 0 Å². The second kappa shape index (κ2) is 11.5. The van der Waals surface area contributed by atoms with Gasteiger partial charge in [-0.05, 0) is 25.7 Å². The van der Waals surface area contributed by atoms with Crippen LogP contribution in [0, 0.1) is 0 Å². The van der Waals surface area contributed by atoms with Gasteiger partial charge in [0.1, 0.15) is 0 Å². The van der Waals surface area contributed by atoms with E-state index in [-0.39, 0.29) is 0 Å². The third-order valence-corrected chi connectivity index (χ3v) is 1.59. The highest BCUT2D eigenvalue weighted by Crippen LogP contribution is 1.97. The van der Waals surface area contributed by atoms with Crippen molar-refractivity contribution in [2.45, 2.75) is 25.7 Å². The summed E-state index contributed by atoms with van der Waals surface area (Å²) in [6.45, 7) is 1.07. The topological polar surface area (TPSA) is 58.9 Å². The van der Waals surface area contributed by atoms with Crippen molar-refractivity contribution in [3.63, 3.8) is 0 Å². The molecule has 0 aromatic heterocycles. The number of aliphatic imine (C=N–C) groups is 2. The fourth-order valence-electron chi connectivity index (χ4n) is 0.919. The van der Waals surface area contributed by atoms with E-state index in [1.54, 1.807) is 0 Å². The predicted molar refractivity (Wildman–Crippen MR) is 53.6 cm³/mol. The largest absolute Gasteiger partial charge is 0.234 e. The third kappa shape index (κ3) is 10.5. The zero-order chi connectivity index (χ0) is 10.5. The molecule has 4 heteroatoms. The number of hydrogen-bond acceptors (Lipinski definition) is 4. The minimum Gasteiger partial charge on any atom is -0.211 e. The van der Waals surface area contributed by atoms with Crippen LogP contribution in [0.2, 0.25) is 0 Å². The van der Waals surface area contributed by atoms with Crippen molar-refractivity contribution in [1.29, 1.82) is 0 Å². The Morgan fingerprint density at radius 3 is 2.21 bits per heavy atom. The number of isocyanates is 2. The van der Waals surface area contributed by atoms with E-state index in [9.17, 15) is 9.59 Å². The molecule has 0 unspecified atom stereocenters. The first-order valence-electron chi connectivity index (χ1n) is 4.64. The van der Waals surface area contributed by atoms with Gasteiger partial charge in [0.25, 0.3) is 0 Å². The van der Waals surface area contributed by atoms with E-state index in [0.29, 0.717) is 13.1 Å². The molecule has 0 saturated heterocycles. The second-order valence-corrected chi connectivity index (χ2v) is 2.70. The van der Waals surface area contributed by atoms with E-state index < -0.39 is 0 Å². The molecule has 0 spiro atoms. The quantitative estimate of drug-likeness (QED) is 0.256. The van der Waals surface area contributed by atoms with Crippen molar-refractivity contribution < 1.29 is 9.59 Å². The number of rotatable bonds is 8. The van der Waals surface area contributed by atoms with Gasteiger partial charge in [0.2, 0.25) is 12.2 Å². The van der Waals surface area contributed by atoms with E-state index in [2.05, 4.69) is 9.98 Å². The van der Waals surface area contributed by atoms with Crippen LogP contribution in [0.5, 0.6) is 0 Å². The average molecular weight is 194 g/mol. The Kier molecular flexibility index (Phi) is 10.3. The molecule has 0 bridgehead atoms. The monoisotopic (exact) mass is 194 g/mol. The van der Waals surface area contributed by atoms with Crippen molar-refractivity contribution in [3.8, 4) is 0 Å². The van der Waals surface area contributed by atoms with Gasteiger partial charge in [0, 0.05) is 0 Å². The Balaban J connectivity index is 3.18. The minimum atomic E-state index is 0.509. The maximum Gasteiger partial charge on any atom is 0.234 e. The Morgan fingerprint density at radius 1 is 0.857 bits per heavy atom. The molecule has 0 rings (SSSR count). The highest BCUT2D eigenvalue weighted by Gasteiger charge is 1.84. The lowest BCUT2D eigenvalue weighted by atomic mass is 10.2. The summed E-state index contributed by atoms with van der Waals surface area (Å²) in [6, 6.07) is 0. The van der Waals surface area contributed by atoms with Crippen LogP contribution >= 0.6 is 0 Å². The van der Waals surface area contributed by atoms with Gasteiger partial charge in [0.05, 0.1) is 13.1 Å². The molecule has 0 heterocycles. The van der Waals surface area contributed by atoms with Gasteiger partial charge in [0.15, 0.2) is 0 Å². The molecule has 76 valence electrons. The molecule has 0 aliphatic heterocycles. The first-order chi connectivity index (χ1) is 6.91. The molecule has 14 heavy (non-hydrogen) atoms. The summed E-state index contributed by atoms with van der Waals surface area (Å²) < 4.78 is 0. The third-order valence-electron chi connectivity index (χ3n) is 1.59. The van der Waals surface area contributed by atoms with Crippen molar-refractivity contribution in [3.05, 3.63) is 12.2 Å². The smallest absolute Gasteiger partial charge is 0.211 e. The van der Waals surface area contributed by atoms with Gasteiger partial charge in [-0.3, -0.25) is 0 Å². The SMILES string of the molecule is O=C=NCC/C=C/CCCCN=C=O. The maximum atomic E-state index is 9.69. The van der Waals surface area contributed by atoms with Crippen molar-refractivity contribution in [1.82, 2.24) is 0 Å². The summed E-state index contributed by atoms with van der Waals surface area (Å²) in [5.74, 6) is 0. The fourth-order valence-corrected chi connectivity index (χ4v) is 0.919. The predicted octanol–water partition coefficient (Wildman–Crippen LogP) is 1.77. The van der Waals surface area contributed by atoms with Crippen molar-refractivity contribution >= 4 is 12.2 Å². The highest BCUT2D eigenvalue weighted by molar-refractivity contribution is 5.32. The fraction of sp³-hybridized carbons (Fsp3) is 0.600. The van der Waals surface area contributed by atoms with E-state index in [1.807, 2.05) is 12.2 Å². The van der Waals surface area contributed by atoms with Crippen LogP contribution in [0.15, 0.2) is 22.1 Å². The van der Waals surface area contributed by atoms with Crippen molar-refractivity contribution in [2.24, 2.45) is 9.98 Å². The molecule has 0 fully saturated rings. The molecule has 0 aliphatic carbocycles. The summed E-state index contributed by atoms with van der Waals surface area (Å²) in [7, 11) is 0. The van der Waals surface area contributed by atoms with Crippen molar-refractivity contribution in [2.75, 3.05) is 13.1 Å². The normalized spacial score (nSPS) is 9.43. The van der Waals surface area contributed by atoms with Gasteiger partial charge in [-0.15, -0.1) is 0 Å². The minimum absolute atomic E-state index is 0.509. The molecule has 0 amide bonds. The molecule has 0 N–H and O–H groups in total. The van der Waals surface area contributed by atoms with Crippen LogP contribution in [-0.4, -0.2) is 25.2 Å². The highest BCUT2D eigenvalue weighted by atomic mass is 16.1. The van der Waals surface area contributed by atoms with Gasteiger partial charge in [-0.2, -0.15) is 0 Å². The summed E-state index contributed by atoms with van der Waals surface area (Å²) >= 11 is 0. The van der Waals surface area contributed by atoms with Gasteiger partial charge >= 0.3 is 0 Å². The summed E-state index contributed by atoms with van der Waals surface area (Å²) in [6.07, 6.45) is 10.7. The number of unbranched alkanes of at least 4 members (excludes halogenated alkanes) is 2. The molecule has 0 atom stereocenters. The Bertz CT molecular complexity index is 249. The van der Waals surface area contributed by atoms with Crippen LogP contribution in [0.1, 0.15) is 25.7 Å². The number of carbonyl (C=O) groups excluding carboxylic acids is 2. The lowest BCUT2D eigenvalue weighted by Gasteiger charge is -1.90. The summed E-state index contributed by atoms with van der Waals surface area (Å²) in [4.78, 5) is 26.2. The van der Waals surface area contributed by atoms with Gasteiger partial charge < -0.3 is 0 Å². The second-order valence-electron chi connectivity index (χ2n) is 2.70. The Labute approximate surface area is 83.4 Å². The molecular formula is C10H14N2O2. The van der Waals surface area contributed by atoms with Crippen LogP contribution in [0.25, 0.3) is 0 Å². The Morgan fingerprint density at radius 2 is 1.50 bits per heavy atom. The van der Waals surface area contributed by atoms with E-state index in [1.165, 1.54) is 12.2 Å². The molecular weight excluding hydrogens is 180 g/mol. The van der Waals surface area contributed by atoms with Crippen LogP contribution in [0.4, 0.5) is 0 Å². The van der Waals surface area contributed by atoms with Gasteiger partial charge in [-0.1, -0.05) is 12.2 Å². The standard InChI is InChI=1S/C10H14N2O2/c13-9-11-7-5-3-1-2-4-6-8-12-10-14/h1,3H,2,4-8H2/b3-1+. The number of nitrogens with zero attached hydrogens (tertiary/aromatic N) is 2. The molecule has 0 aromatic rings. The molecule has 0 radical (unpaired) electrons. The zero-order valence-corrected chi connectivity index (χ0v) is 8.11. The zero-order valence-electron chi connectivity index (χ0n) is 8.11. The van der Waals surface area contributed by atoms with E-state index in [0.717, 1.165) is 25.7 Å². The first-order valence-corrected chi connectivity index (χ1v) is 4.64. The average Bonchev–Trinajstić information content (AvgIpc) is 2.21.